The predicted octanol–water partition coefficient (Wildman–Crippen LogP) is 3.49. The molecule has 0 bridgehead atoms. The number of amides is 1. The minimum absolute atomic E-state index is 0.0606. The molecule has 0 aromatic heterocycles. The van der Waals surface area contributed by atoms with Crippen molar-refractivity contribution in [2.45, 2.75) is 45.6 Å². The topological polar surface area (TPSA) is 38.3 Å². The van der Waals surface area contributed by atoms with Crippen LogP contribution in [0.5, 0.6) is 5.75 Å². The highest BCUT2D eigenvalue weighted by Crippen LogP contribution is 2.20. The van der Waals surface area contributed by atoms with Gasteiger partial charge in [-0.3, -0.25) is 4.79 Å². The first-order valence-corrected chi connectivity index (χ1v) is 7.32. The first kappa shape index (κ1) is 16.3. The molecular formula is C17H25NO2. The molecule has 20 heavy (non-hydrogen) atoms. The van der Waals surface area contributed by atoms with Gasteiger partial charge in [-0.2, -0.15) is 0 Å². The summed E-state index contributed by atoms with van der Waals surface area (Å²) in [5.41, 5.74) is 1.05. The van der Waals surface area contributed by atoms with Crippen molar-refractivity contribution in [3.8, 4) is 5.75 Å². The van der Waals surface area contributed by atoms with Crippen molar-refractivity contribution in [3.05, 3.63) is 42.5 Å². The molecule has 0 heterocycles. The summed E-state index contributed by atoms with van der Waals surface area (Å²) in [5.74, 6) is 0.693. The van der Waals surface area contributed by atoms with Crippen LogP contribution in [0.4, 0.5) is 0 Å². The fourth-order valence-electron chi connectivity index (χ4n) is 1.92. The van der Waals surface area contributed by atoms with E-state index in [1.807, 2.05) is 30.3 Å². The monoisotopic (exact) mass is 275 g/mol. The van der Waals surface area contributed by atoms with Crippen LogP contribution in [0.1, 0.15) is 38.7 Å². The van der Waals surface area contributed by atoms with Gasteiger partial charge in [0, 0.05) is 6.54 Å². The molecule has 1 amide bonds. The van der Waals surface area contributed by atoms with Gasteiger partial charge in [-0.25, -0.2) is 0 Å². The first-order valence-electron chi connectivity index (χ1n) is 7.32. The van der Waals surface area contributed by atoms with Crippen LogP contribution in [0, 0.1) is 0 Å². The Morgan fingerprint density at radius 2 is 2.15 bits per heavy atom. The first-order chi connectivity index (χ1) is 9.69. The summed E-state index contributed by atoms with van der Waals surface area (Å²) in [7, 11) is 0. The SMILES string of the molecule is C=CCc1ccccc1O[C@H](C)C(=O)NCCCCC. The summed E-state index contributed by atoms with van der Waals surface area (Å²) >= 11 is 0. The highest BCUT2D eigenvalue weighted by molar-refractivity contribution is 5.80. The zero-order valence-corrected chi connectivity index (χ0v) is 12.5. The van der Waals surface area contributed by atoms with Gasteiger partial charge in [0.05, 0.1) is 0 Å². The lowest BCUT2D eigenvalue weighted by molar-refractivity contribution is -0.127. The lowest BCUT2D eigenvalue weighted by atomic mass is 10.1. The molecule has 0 fully saturated rings. The molecule has 3 nitrogen and oxygen atoms in total. The minimum Gasteiger partial charge on any atom is -0.481 e. The van der Waals surface area contributed by atoms with Crippen molar-refractivity contribution < 1.29 is 9.53 Å². The molecule has 1 aromatic rings. The quantitative estimate of drug-likeness (QED) is 0.553. The van der Waals surface area contributed by atoms with Crippen molar-refractivity contribution in [3.63, 3.8) is 0 Å². The fraction of sp³-hybridized carbons (Fsp3) is 0.471. The second kappa shape index (κ2) is 9.18. The van der Waals surface area contributed by atoms with E-state index >= 15 is 0 Å². The lowest BCUT2D eigenvalue weighted by Crippen LogP contribution is -2.36. The van der Waals surface area contributed by atoms with E-state index in [-0.39, 0.29) is 5.91 Å². The number of carbonyl (C=O) groups excluding carboxylic acids is 1. The van der Waals surface area contributed by atoms with Gasteiger partial charge in [0.25, 0.3) is 5.91 Å². The van der Waals surface area contributed by atoms with Crippen LogP contribution in [-0.2, 0) is 11.2 Å². The van der Waals surface area contributed by atoms with E-state index in [1.165, 1.54) is 0 Å². The van der Waals surface area contributed by atoms with Gasteiger partial charge in [-0.05, 0) is 31.4 Å². The average Bonchev–Trinajstić information content (AvgIpc) is 2.45. The Kier molecular flexibility index (Phi) is 7.48. The summed E-state index contributed by atoms with van der Waals surface area (Å²) in [5, 5.41) is 2.90. The molecule has 0 aliphatic rings. The van der Waals surface area contributed by atoms with Gasteiger partial charge in [-0.1, -0.05) is 44.0 Å². The van der Waals surface area contributed by atoms with Crippen molar-refractivity contribution in [2.75, 3.05) is 6.54 Å². The number of nitrogens with one attached hydrogen (secondary N) is 1. The molecule has 110 valence electrons. The smallest absolute Gasteiger partial charge is 0.260 e. The van der Waals surface area contributed by atoms with Crippen molar-refractivity contribution >= 4 is 5.91 Å². The van der Waals surface area contributed by atoms with Gasteiger partial charge < -0.3 is 10.1 Å². The van der Waals surface area contributed by atoms with Crippen LogP contribution in [0.2, 0.25) is 0 Å². The molecule has 1 rings (SSSR count). The second-order valence-corrected chi connectivity index (χ2v) is 4.86. The highest BCUT2D eigenvalue weighted by Gasteiger charge is 2.15. The zero-order chi connectivity index (χ0) is 14.8. The van der Waals surface area contributed by atoms with E-state index in [1.54, 1.807) is 6.92 Å². The molecule has 3 heteroatoms. The molecule has 1 aromatic carbocycles. The van der Waals surface area contributed by atoms with E-state index in [0.717, 1.165) is 37.0 Å². The molecule has 0 saturated carbocycles. The Bertz CT molecular complexity index is 429. The van der Waals surface area contributed by atoms with E-state index < -0.39 is 6.10 Å². The Balaban J connectivity index is 2.50. The fourth-order valence-corrected chi connectivity index (χ4v) is 1.92. The molecule has 0 saturated heterocycles. The van der Waals surface area contributed by atoms with E-state index in [0.29, 0.717) is 6.54 Å². The number of allylic oxidation sites excluding steroid dienone is 1. The number of unbranched alkanes of at least 4 members (excludes halogenated alkanes) is 2. The molecule has 0 aliphatic heterocycles. The van der Waals surface area contributed by atoms with Crippen LogP contribution in [0.15, 0.2) is 36.9 Å². The van der Waals surface area contributed by atoms with Crippen molar-refractivity contribution in [2.24, 2.45) is 0 Å². The number of ether oxygens (including phenoxy) is 1. The second-order valence-electron chi connectivity index (χ2n) is 4.86. The van der Waals surface area contributed by atoms with Gasteiger partial charge in [0.1, 0.15) is 5.75 Å². The Labute approximate surface area is 122 Å². The maximum atomic E-state index is 11.9. The number of para-hydroxylation sites is 1. The molecule has 1 atom stereocenters. The van der Waals surface area contributed by atoms with Gasteiger partial charge >= 0.3 is 0 Å². The zero-order valence-electron chi connectivity index (χ0n) is 12.5. The van der Waals surface area contributed by atoms with Crippen LogP contribution < -0.4 is 10.1 Å². The summed E-state index contributed by atoms with van der Waals surface area (Å²) < 4.78 is 5.76. The summed E-state index contributed by atoms with van der Waals surface area (Å²) in [6, 6.07) is 7.75. The highest BCUT2D eigenvalue weighted by atomic mass is 16.5. The third kappa shape index (κ3) is 5.47. The molecule has 0 aliphatic carbocycles. The van der Waals surface area contributed by atoms with Crippen LogP contribution >= 0.6 is 0 Å². The lowest BCUT2D eigenvalue weighted by Gasteiger charge is -2.16. The number of benzene rings is 1. The molecular weight excluding hydrogens is 250 g/mol. The van der Waals surface area contributed by atoms with Crippen molar-refractivity contribution in [1.82, 2.24) is 5.32 Å². The van der Waals surface area contributed by atoms with Crippen LogP contribution in [-0.4, -0.2) is 18.6 Å². The number of hydrogen-bond acceptors (Lipinski definition) is 2. The Morgan fingerprint density at radius 3 is 2.85 bits per heavy atom. The van der Waals surface area contributed by atoms with Gasteiger partial charge in [-0.15, -0.1) is 6.58 Å². The maximum absolute atomic E-state index is 11.9. The standard InChI is InChI=1S/C17H25NO2/c1-4-6-9-13-18-17(19)14(3)20-16-12-8-7-11-15(16)10-5-2/h5,7-8,11-12,14H,2,4,6,9-10,13H2,1,3H3,(H,18,19)/t14-/m1/s1. The number of hydrogen-bond donors (Lipinski definition) is 1. The number of rotatable bonds is 9. The van der Waals surface area contributed by atoms with E-state index in [4.69, 9.17) is 4.74 Å². The van der Waals surface area contributed by atoms with E-state index in [9.17, 15) is 4.79 Å². The third-order valence-corrected chi connectivity index (χ3v) is 3.09. The Hall–Kier alpha value is -1.77. The van der Waals surface area contributed by atoms with Gasteiger partial charge in [0.15, 0.2) is 6.10 Å². The molecule has 1 N–H and O–H groups in total. The molecule has 0 unspecified atom stereocenters. The Morgan fingerprint density at radius 1 is 1.40 bits per heavy atom. The largest absolute Gasteiger partial charge is 0.481 e. The summed E-state index contributed by atoms with van der Waals surface area (Å²) in [4.78, 5) is 11.9. The molecule has 0 radical (unpaired) electrons. The predicted molar refractivity (Wildman–Crippen MR) is 83.0 cm³/mol. The number of carbonyl (C=O) groups is 1. The van der Waals surface area contributed by atoms with Gasteiger partial charge in [0.2, 0.25) is 0 Å². The summed E-state index contributed by atoms with van der Waals surface area (Å²) in [6.07, 6.45) is 5.39. The third-order valence-electron chi connectivity index (χ3n) is 3.09. The van der Waals surface area contributed by atoms with Crippen molar-refractivity contribution in [1.29, 1.82) is 0 Å². The molecule has 0 spiro atoms. The van der Waals surface area contributed by atoms with Crippen LogP contribution in [0.25, 0.3) is 0 Å². The maximum Gasteiger partial charge on any atom is 0.260 e. The average molecular weight is 275 g/mol. The van der Waals surface area contributed by atoms with E-state index in [2.05, 4.69) is 18.8 Å². The van der Waals surface area contributed by atoms with Crippen LogP contribution in [0.3, 0.4) is 0 Å². The summed E-state index contributed by atoms with van der Waals surface area (Å²) in [6.45, 7) is 8.37. The normalized spacial score (nSPS) is 11.7. The minimum atomic E-state index is -0.484.